The Hall–Kier alpha value is -2.54. The summed E-state index contributed by atoms with van der Waals surface area (Å²) in [6.45, 7) is 0. The second kappa shape index (κ2) is 5.40. The average molecular weight is 257 g/mol. The molecule has 1 unspecified atom stereocenters. The van der Waals surface area contributed by atoms with Crippen molar-refractivity contribution in [1.29, 1.82) is 5.26 Å². The van der Waals surface area contributed by atoms with Crippen LogP contribution >= 0.6 is 0 Å². The first-order valence-corrected chi connectivity index (χ1v) is 5.57. The zero-order chi connectivity index (χ0) is 13.8. The van der Waals surface area contributed by atoms with Crippen molar-refractivity contribution in [3.8, 4) is 6.07 Å². The van der Waals surface area contributed by atoms with Crippen LogP contribution in [0.1, 0.15) is 21.8 Å². The van der Waals surface area contributed by atoms with Gasteiger partial charge in [-0.3, -0.25) is 4.79 Å². The van der Waals surface area contributed by atoms with Crippen molar-refractivity contribution < 1.29 is 13.6 Å². The van der Waals surface area contributed by atoms with E-state index in [1.165, 1.54) is 0 Å². The summed E-state index contributed by atoms with van der Waals surface area (Å²) < 4.78 is 26.3. The predicted molar refractivity (Wildman–Crippen MR) is 65.5 cm³/mol. The smallest absolute Gasteiger partial charge is 0.187 e. The second-order valence-electron chi connectivity index (χ2n) is 3.96. The molecule has 0 aliphatic heterocycles. The van der Waals surface area contributed by atoms with Gasteiger partial charge in [0.25, 0.3) is 0 Å². The molecule has 2 nitrogen and oxygen atoms in total. The quantitative estimate of drug-likeness (QED) is 0.790. The van der Waals surface area contributed by atoms with Gasteiger partial charge in [0, 0.05) is 6.07 Å². The Morgan fingerprint density at radius 2 is 1.79 bits per heavy atom. The third-order valence-electron chi connectivity index (χ3n) is 2.72. The number of Topliss-reactive ketones (excluding diaryl/α,β-unsaturated/α-hetero) is 1. The topological polar surface area (TPSA) is 40.9 Å². The van der Waals surface area contributed by atoms with Crippen LogP contribution in [0.25, 0.3) is 0 Å². The lowest BCUT2D eigenvalue weighted by Crippen LogP contribution is -2.13. The molecule has 0 bridgehead atoms. The van der Waals surface area contributed by atoms with Gasteiger partial charge < -0.3 is 0 Å². The summed E-state index contributed by atoms with van der Waals surface area (Å²) >= 11 is 0. The minimum atomic E-state index is -1.10. The number of hydrogen-bond acceptors (Lipinski definition) is 2. The molecular formula is C15H9F2NO. The molecule has 0 fully saturated rings. The molecule has 0 saturated carbocycles. The fraction of sp³-hybridized carbons (Fsp3) is 0.0667. The van der Waals surface area contributed by atoms with E-state index in [-0.39, 0.29) is 5.56 Å². The number of nitriles is 1. The summed E-state index contributed by atoms with van der Waals surface area (Å²) in [6.07, 6.45) is 0. The van der Waals surface area contributed by atoms with E-state index in [9.17, 15) is 13.6 Å². The van der Waals surface area contributed by atoms with Crippen LogP contribution in [-0.2, 0) is 0 Å². The van der Waals surface area contributed by atoms with Crippen LogP contribution in [0.2, 0.25) is 0 Å². The van der Waals surface area contributed by atoms with Gasteiger partial charge in [0.15, 0.2) is 5.78 Å². The zero-order valence-corrected chi connectivity index (χ0v) is 9.81. The summed E-state index contributed by atoms with van der Waals surface area (Å²) in [4.78, 5) is 12.1. The van der Waals surface area contributed by atoms with E-state index in [0.717, 1.165) is 12.1 Å². The normalized spacial score (nSPS) is 11.6. The second-order valence-corrected chi connectivity index (χ2v) is 3.96. The summed E-state index contributed by atoms with van der Waals surface area (Å²) in [5.41, 5.74) is 0.204. The maximum atomic E-state index is 13.5. The fourth-order valence-corrected chi connectivity index (χ4v) is 1.77. The fourth-order valence-electron chi connectivity index (χ4n) is 1.77. The molecule has 0 amide bonds. The molecule has 1 atom stereocenters. The van der Waals surface area contributed by atoms with Crippen molar-refractivity contribution in [3.05, 3.63) is 71.3 Å². The number of carbonyl (C=O) groups is 1. The van der Waals surface area contributed by atoms with E-state index in [2.05, 4.69) is 0 Å². The molecule has 2 rings (SSSR count). The van der Waals surface area contributed by atoms with Gasteiger partial charge in [0.1, 0.15) is 17.6 Å². The molecule has 94 valence electrons. The molecule has 0 heterocycles. The molecule has 0 aromatic heterocycles. The lowest BCUT2D eigenvalue weighted by Gasteiger charge is -2.09. The zero-order valence-electron chi connectivity index (χ0n) is 9.81. The van der Waals surface area contributed by atoms with Crippen molar-refractivity contribution in [2.45, 2.75) is 5.92 Å². The molecule has 2 aromatic carbocycles. The Labute approximate surface area is 108 Å². The molecule has 4 heteroatoms. The van der Waals surface area contributed by atoms with Crippen LogP contribution in [0, 0.1) is 23.0 Å². The van der Waals surface area contributed by atoms with Gasteiger partial charge in [-0.25, -0.2) is 8.78 Å². The van der Waals surface area contributed by atoms with Crippen molar-refractivity contribution in [1.82, 2.24) is 0 Å². The molecule has 0 aliphatic carbocycles. The summed E-state index contributed by atoms with van der Waals surface area (Å²) in [5, 5.41) is 9.09. The predicted octanol–water partition coefficient (Wildman–Crippen LogP) is 3.45. The number of carbonyl (C=O) groups excluding carboxylic acids is 1. The Kier molecular flexibility index (Phi) is 3.67. The van der Waals surface area contributed by atoms with Crippen LogP contribution in [0.15, 0.2) is 48.5 Å². The highest BCUT2D eigenvalue weighted by atomic mass is 19.1. The maximum Gasteiger partial charge on any atom is 0.187 e. The highest BCUT2D eigenvalue weighted by Gasteiger charge is 2.24. The van der Waals surface area contributed by atoms with Gasteiger partial charge >= 0.3 is 0 Å². The largest absolute Gasteiger partial charge is 0.292 e. The van der Waals surface area contributed by atoms with Crippen molar-refractivity contribution in [3.63, 3.8) is 0 Å². The summed E-state index contributed by atoms with van der Waals surface area (Å²) in [6, 6.07) is 12.9. The van der Waals surface area contributed by atoms with E-state index in [1.54, 1.807) is 30.3 Å². The van der Waals surface area contributed by atoms with Gasteiger partial charge in [-0.05, 0) is 17.7 Å². The van der Waals surface area contributed by atoms with Crippen LogP contribution in [-0.4, -0.2) is 5.78 Å². The highest BCUT2D eigenvalue weighted by Crippen LogP contribution is 2.22. The van der Waals surface area contributed by atoms with Crippen LogP contribution in [0.3, 0.4) is 0 Å². The third kappa shape index (κ3) is 2.66. The molecule has 0 radical (unpaired) electrons. The molecule has 19 heavy (non-hydrogen) atoms. The monoisotopic (exact) mass is 257 g/mol. The van der Waals surface area contributed by atoms with Crippen LogP contribution < -0.4 is 0 Å². The molecule has 2 aromatic rings. The number of hydrogen-bond donors (Lipinski definition) is 0. The SMILES string of the molecule is N#CC(C(=O)c1ccc(F)cc1F)c1ccccc1. The van der Waals surface area contributed by atoms with Gasteiger partial charge in [-0.15, -0.1) is 0 Å². The van der Waals surface area contributed by atoms with E-state index in [4.69, 9.17) is 5.26 Å². The molecule has 0 aliphatic rings. The Bertz CT molecular complexity index is 647. The number of ketones is 1. The Morgan fingerprint density at radius 1 is 1.11 bits per heavy atom. The minimum absolute atomic E-state index is 0.281. The standard InChI is InChI=1S/C15H9F2NO/c16-11-6-7-12(14(17)8-11)15(19)13(9-18)10-4-2-1-3-5-10/h1-8,13H. The van der Waals surface area contributed by atoms with E-state index >= 15 is 0 Å². The molecular weight excluding hydrogens is 248 g/mol. The number of halogens is 2. The lowest BCUT2D eigenvalue weighted by atomic mass is 9.91. The number of benzene rings is 2. The lowest BCUT2D eigenvalue weighted by molar-refractivity contribution is 0.0975. The molecule has 0 saturated heterocycles. The van der Waals surface area contributed by atoms with Crippen molar-refractivity contribution in [2.24, 2.45) is 0 Å². The highest BCUT2D eigenvalue weighted by molar-refractivity contribution is 6.02. The summed E-state index contributed by atoms with van der Waals surface area (Å²) in [5.74, 6) is -3.49. The first-order valence-electron chi connectivity index (χ1n) is 5.57. The van der Waals surface area contributed by atoms with Crippen molar-refractivity contribution in [2.75, 3.05) is 0 Å². The van der Waals surface area contributed by atoms with Crippen LogP contribution in [0.5, 0.6) is 0 Å². The van der Waals surface area contributed by atoms with E-state index < -0.39 is 23.3 Å². The molecule has 0 N–H and O–H groups in total. The number of rotatable bonds is 3. The third-order valence-corrected chi connectivity index (χ3v) is 2.72. The van der Waals surface area contributed by atoms with E-state index in [0.29, 0.717) is 11.6 Å². The Morgan fingerprint density at radius 3 is 2.37 bits per heavy atom. The maximum absolute atomic E-state index is 13.5. The summed E-state index contributed by atoms with van der Waals surface area (Å²) in [7, 11) is 0. The first-order chi connectivity index (χ1) is 9.13. The molecule has 0 spiro atoms. The van der Waals surface area contributed by atoms with Gasteiger partial charge in [0.2, 0.25) is 0 Å². The van der Waals surface area contributed by atoms with Gasteiger partial charge in [-0.2, -0.15) is 5.26 Å². The van der Waals surface area contributed by atoms with Gasteiger partial charge in [-0.1, -0.05) is 30.3 Å². The van der Waals surface area contributed by atoms with Crippen molar-refractivity contribution >= 4 is 5.78 Å². The van der Waals surface area contributed by atoms with Crippen LogP contribution in [0.4, 0.5) is 8.78 Å². The first kappa shape index (κ1) is 12.9. The minimum Gasteiger partial charge on any atom is -0.292 e. The van der Waals surface area contributed by atoms with Gasteiger partial charge in [0.05, 0.1) is 11.6 Å². The Balaban J connectivity index is 2.40. The number of nitrogens with zero attached hydrogens (tertiary/aromatic N) is 1. The average Bonchev–Trinajstić information content (AvgIpc) is 2.40. The van der Waals surface area contributed by atoms with E-state index in [1.807, 2.05) is 6.07 Å².